The largest absolute Gasteiger partial charge is 0.377 e. The van der Waals surface area contributed by atoms with E-state index in [0.717, 1.165) is 5.56 Å². The van der Waals surface area contributed by atoms with Crippen LogP contribution in [0.1, 0.15) is 15.9 Å². The Balaban J connectivity index is 2.10. The molecule has 0 atom stereocenters. The third kappa shape index (κ3) is 2.49. The number of rotatable bonds is 2. The summed E-state index contributed by atoms with van der Waals surface area (Å²) in [6, 6.07) is 5.46. The van der Waals surface area contributed by atoms with Crippen molar-refractivity contribution < 1.29 is 9.53 Å². The van der Waals surface area contributed by atoms with Crippen LogP contribution in [0.25, 0.3) is 0 Å². The van der Waals surface area contributed by atoms with Crippen LogP contribution in [-0.4, -0.2) is 25.2 Å². The summed E-state index contributed by atoms with van der Waals surface area (Å²) >= 11 is 5.87. The lowest BCUT2D eigenvalue weighted by molar-refractivity contribution is -0.00346. The zero-order valence-electron chi connectivity index (χ0n) is 8.42. The predicted molar refractivity (Wildman–Crippen MR) is 58.3 cm³/mol. The number of aryl methyl sites for hydroxylation is 1. The number of hydrogen-bond donors (Lipinski definition) is 1. The first-order valence-corrected chi connectivity index (χ1v) is 5.19. The van der Waals surface area contributed by atoms with Crippen LogP contribution in [0, 0.1) is 6.92 Å². The first kappa shape index (κ1) is 10.5. The Kier molecular flexibility index (Phi) is 2.93. The highest BCUT2D eigenvalue weighted by Gasteiger charge is 2.21. The third-order valence-electron chi connectivity index (χ3n) is 2.28. The summed E-state index contributed by atoms with van der Waals surface area (Å²) in [5, 5.41) is 3.45. The number of carbonyl (C=O) groups is 1. The number of amides is 1. The molecule has 15 heavy (non-hydrogen) atoms. The number of ether oxygens (including phenoxy) is 1. The minimum absolute atomic E-state index is 0.0890. The normalized spacial score (nSPS) is 15.9. The molecule has 0 aliphatic carbocycles. The Labute approximate surface area is 93.4 Å². The van der Waals surface area contributed by atoms with E-state index in [0.29, 0.717) is 23.8 Å². The summed E-state index contributed by atoms with van der Waals surface area (Å²) in [5.41, 5.74) is 1.59. The van der Waals surface area contributed by atoms with Gasteiger partial charge in [0.05, 0.1) is 19.3 Å². The second-order valence-corrected chi connectivity index (χ2v) is 4.16. The van der Waals surface area contributed by atoms with E-state index >= 15 is 0 Å². The lowest BCUT2D eigenvalue weighted by Gasteiger charge is -2.26. The van der Waals surface area contributed by atoms with Crippen molar-refractivity contribution in [2.75, 3.05) is 13.2 Å². The highest BCUT2D eigenvalue weighted by atomic mass is 35.5. The molecular formula is C11H12ClNO2. The Morgan fingerprint density at radius 3 is 2.73 bits per heavy atom. The van der Waals surface area contributed by atoms with Gasteiger partial charge in [0.25, 0.3) is 5.91 Å². The molecule has 1 N–H and O–H groups in total. The van der Waals surface area contributed by atoms with Crippen molar-refractivity contribution in [2.45, 2.75) is 13.0 Å². The number of carbonyl (C=O) groups excluding carboxylic acids is 1. The van der Waals surface area contributed by atoms with E-state index in [1.54, 1.807) is 6.07 Å². The Bertz CT molecular complexity index is 368. The molecule has 0 saturated carbocycles. The second kappa shape index (κ2) is 4.21. The van der Waals surface area contributed by atoms with Crippen molar-refractivity contribution >= 4 is 17.5 Å². The molecule has 2 rings (SSSR count). The van der Waals surface area contributed by atoms with Gasteiger partial charge in [-0.05, 0) is 30.7 Å². The molecule has 0 unspecified atom stereocenters. The average Bonchev–Trinajstić information content (AvgIpc) is 2.09. The zero-order valence-corrected chi connectivity index (χ0v) is 9.17. The van der Waals surface area contributed by atoms with Crippen LogP contribution < -0.4 is 5.32 Å². The summed E-state index contributed by atoms with van der Waals surface area (Å²) in [7, 11) is 0. The van der Waals surface area contributed by atoms with E-state index < -0.39 is 0 Å². The van der Waals surface area contributed by atoms with Gasteiger partial charge >= 0.3 is 0 Å². The maximum absolute atomic E-state index is 11.7. The van der Waals surface area contributed by atoms with Crippen molar-refractivity contribution in [3.63, 3.8) is 0 Å². The van der Waals surface area contributed by atoms with E-state index in [1.807, 2.05) is 19.1 Å². The smallest absolute Gasteiger partial charge is 0.251 e. The van der Waals surface area contributed by atoms with Gasteiger partial charge in [-0.2, -0.15) is 0 Å². The highest BCUT2D eigenvalue weighted by molar-refractivity contribution is 6.31. The fraction of sp³-hybridized carbons (Fsp3) is 0.364. The van der Waals surface area contributed by atoms with Crippen molar-refractivity contribution in [3.8, 4) is 0 Å². The predicted octanol–water partition coefficient (Wildman–Crippen LogP) is 1.78. The molecule has 0 radical (unpaired) electrons. The van der Waals surface area contributed by atoms with Crippen LogP contribution >= 0.6 is 11.6 Å². The van der Waals surface area contributed by atoms with Gasteiger partial charge in [-0.25, -0.2) is 0 Å². The van der Waals surface area contributed by atoms with Crippen molar-refractivity contribution in [1.82, 2.24) is 5.32 Å². The summed E-state index contributed by atoms with van der Waals surface area (Å²) in [4.78, 5) is 11.7. The van der Waals surface area contributed by atoms with Gasteiger partial charge in [-0.1, -0.05) is 11.6 Å². The Morgan fingerprint density at radius 2 is 2.20 bits per heavy atom. The third-order valence-corrected chi connectivity index (χ3v) is 2.50. The van der Waals surface area contributed by atoms with Gasteiger partial charge in [0.2, 0.25) is 0 Å². The molecule has 0 aromatic heterocycles. The van der Waals surface area contributed by atoms with E-state index in [1.165, 1.54) is 0 Å². The summed E-state index contributed by atoms with van der Waals surface area (Å²) in [5.74, 6) is -0.0890. The Morgan fingerprint density at radius 1 is 1.47 bits per heavy atom. The number of nitrogens with one attached hydrogen (secondary N) is 1. The maximum Gasteiger partial charge on any atom is 0.251 e. The summed E-state index contributed by atoms with van der Waals surface area (Å²) in [6.45, 7) is 3.12. The van der Waals surface area contributed by atoms with Gasteiger partial charge < -0.3 is 10.1 Å². The zero-order chi connectivity index (χ0) is 10.8. The van der Waals surface area contributed by atoms with Crippen LogP contribution in [0.4, 0.5) is 0 Å². The molecule has 0 bridgehead atoms. The average molecular weight is 226 g/mol. The first-order chi connectivity index (χ1) is 7.15. The van der Waals surface area contributed by atoms with Crippen LogP contribution in [0.2, 0.25) is 5.02 Å². The van der Waals surface area contributed by atoms with Gasteiger partial charge in [0, 0.05) is 10.6 Å². The molecule has 1 aliphatic heterocycles. The lowest BCUT2D eigenvalue weighted by Crippen LogP contribution is -2.48. The van der Waals surface area contributed by atoms with Gasteiger partial charge in [0.1, 0.15) is 0 Å². The van der Waals surface area contributed by atoms with E-state index in [-0.39, 0.29) is 11.9 Å². The SMILES string of the molecule is Cc1cc(Cl)cc(C(=O)NC2COC2)c1. The van der Waals surface area contributed by atoms with Gasteiger partial charge in [-0.3, -0.25) is 4.79 Å². The standard InChI is InChI=1S/C11H12ClNO2/c1-7-2-8(4-9(12)3-7)11(14)13-10-5-15-6-10/h2-4,10H,5-6H2,1H3,(H,13,14). The molecule has 1 fully saturated rings. The van der Waals surface area contributed by atoms with Gasteiger partial charge in [-0.15, -0.1) is 0 Å². The van der Waals surface area contributed by atoms with Crippen molar-refractivity contribution in [3.05, 3.63) is 34.3 Å². The quantitative estimate of drug-likeness (QED) is 0.833. The summed E-state index contributed by atoms with van der Waals surface area (Å²) in [6.07, 6.45) is 0. The number of hydrogen-bond acceptors (Lipinski definition) is 2. The molecular weight excluding hydrogens is 214 g/mol. The minimum Gasteiger partial charge on any atom is -0.377 e. The molecule has 1 aromatic rings. The highest BCUT2D eigenvalue weighted by Crippen LogP contribution is 2.15. The van der Waals surface area contributed by atoms with Crippen molar-refractivity contribution in [2.24, 2.45) is 0 Å². The Hall–Kier alpha value is -1.06. The molecule has 1 amide bonds. The monoisotopic (exact) mass is 225 g/mol. The fourth-order valence-corrected chi connectivity index (χ4v) is 1.74. The molecule has 0 spiro atoms. The molecule has 1 aromatic carbocycles. The minimum atomic E-state index is -0.0890. The van der Waals surface area contributed by atoms with Crippen LogP contribution in [0.15, 0.2) is 18.2 Å². The molecule has 1 saturated heterocycles. The van der Waals surface area contributed by atoms with E-state index in [4.69, 9.17) is 16.3 Å². The lowest BCUT2D eigenvalue weighted by atomic mass is 10.1. The molecule has 80 valence electrons. The van der Waals surface area contributed by atoms with Crippen LogP contribution in [0.3, 0.4) is 0 Å². The second-order valence-electron chi connectivity index (χ2n) is 3.73. The van der Waals surface area contributed by atoms with Crippen molar-refractivity contribution in [1.29, 1.82) is 0 Å². The van der Waals surface area contributed by atoms with E-state index in [2.05, 4.69) is 5.32 Å². The first-order valence-electron chi connectivity index (χ1n) is 4.81. The molecule has 3 nitrogen and oxygen atoms in total. The summed E-state index contributed by atoms with van der Waals surface area (Å²) < 4.78 is 4.98. The van der Waals surface area contributed by atoms with Crippen LogP contribution in [-0.2, 0) is 4.74 Å². The molecule has 1 aliphatic rings. The topological polar surface area (TPSA) is 38.3 Å². The van der Waals surface area contributed by atoms with Crippen LogP contribution in [0.5, 0.6) is 0 Å². The van der Waals surface area contributed by atoms with E-state index in [9.17, 15) is 4.79 Å². The number of halogens is 1. The van der Waals surface area contributed by atoms with Gasteiger partial charge in [0.15, 0.2) is 0 Å². The maximum atomic E-state index is 11.7. The number of benzene rings is 1. The molecule has 4 heteroatoms. The molecule has 1 heterocycles. The fourth-order valence-electron chi connectivity index (χ4n) is 1.46.